The Hall–Kier alpha value is -1.85. The zero-order chi connectivity index (χ0) is 15.5. The highest BCUT2D eigenvalue weighted by Crippen LogP contribution is 2.18. The van der Waals surface area contributed by atoms with E-state index in [-0.39, 0.29) is 12.2 Å². The van der Waals surface area contributed by atoms with E-state index in [0.29, 0.717) is 19.0 Å². The fourth-order valence-corrected chi connectivity index (χ4v) is 2.10. The number of carbonyl (C=O) groups is 1. The van der Waals surface area contributed by atoms with Gasteiger partial charge in [0.2, 0.25) is 5.88 Å². The van der Waals surface area contributed by atoms with Gasteiger partial charge in [0.1, 0.15) is 11.7 Å². The summed E-state index contributed by atoms with van der Waals surface area (Å²) in [4.78, 5) is 22.0. The van der Waals surface area contributed by atoms with Crippen LogP contribution in [0.1, 0.15) is 39.3 Å². The average Bonchev–Trinajstić information content (AvgIpc) is 2.40. The SMILES string of the molecule is Cc1cnc(OC2CCN(C(=O)OC(C)(C)C)CC2)cn1. The maximum absolute atomic E-state index is 12.0. The summed E-state index contributed by atoms with van der Waals surface area (Å²) in [6.07, 6.45) is 4.68. The molecule has 1 fully saturated rings. The topological polar surface area (TPSA) is 64.5 Å². The fourth-order valence-electron chi connectivity index (χ4n) is 2.10. The number of carbonyl (C=O) groups excluding carboxylic acids is 1. The van der Waals surface area contributed by atoms with Crippen LogP contribution in [0, 0.1) is 6.92 Å². The maximum Gasteiger partial charge on any atom is 0.410 e. The molecule has 1 aliphatic heterocycles. The van der Waals surface area contributed by atoms with Crippen LogP contribution in [0.3, 0.4) is 0 Å². The summed E-state index contributed by atoms with van der Waals surface area (Å²) in [5.74, 6) is 0.538. The predicted octanol–water partition coefficient (Wildman–Crippen LogP) is 2.56. The lowest BCUT2D eigenvalue weighted by Crippen LogP contribution is -2.44. The van der Waals surface area contributed by atoms with Gasteiger partial charge in [-0.1, -0.05) is 0 Å². The molecule has 116 valence electrons. The minimum Gasteiger partial charge on any atom is -0.473 e. The fraction of sp³-hybridized carbons (Fsp3) is 0.667. The molecule has 1 aromatic rings. The molecule has 0 bridgehead atoms. The van der Waals surface area contributed by atoms with Crippen LogP contribution in [0.15, 0.2) is 12.4 Å². The third-order valence-electron chi connectivity index (χ3n) is 3.14. The van der Waals surface area contributed by atoms with E-state index in [1.165, 1.54) is 0 Å². The van der Waals surface area contributed by atoms with Crippen molar-refractivity contribution in [3.8, 4) is 5.88 Å². The number of likely N-dealkylation sites (tertiary alicyclic amines) is 1. The van der Waals surface area contributed by atoms with Crippen LogP contribution in [-0.2, 0) is 4.74 Å². The minimum atomic E-state index is -0.456. The average molecular weight is 293 g/mol. The first-order chi connectivity index (χ1) is 9.83. The third-order valence-corrected chi connectivity index (χ3v) is 3.14. The van der Waals surface area contributed by atoms with Gasteiger partial charge in [-0.25, -0.2) is 9.78 Å². The second kappa shape index (κ2) is 6.28. The molecule has 0 unspecified atom stereocenters. The number of hydrogen-bond acceptors (Lipinski definition) is 5. The van der Waals surface area contributed by atoms with Crippen molar-refractivity contribution in [2.45, 2.75) is 52.2 Å². The van der Waals surface area contributed by atoms with E-state index in [1.807, 2.05) is 27.7 Å². The lowest BCUT2D eigenvalue weighted by molar-refractivity contribution is 0.0122. The summed E-state index contributed by atoms with van der Waals surface area (Å²) < 4.78 is 11.2. The number of aryl methyl sites for hydroxylation is 1. The molecule has 1 aromatic heterocycles. The van der Waals surface area contributed by atoms with E-state index >= 15 is 0 Å². The number of aromatic nitrogens is 2. The summed E-state index contributed by atoms with van der Waals surface area (Å²) in [7, 11) is 0. The molecular formula is C15H23N3O3. The summed E-state index contributed by atoms with van der Waals surface area (Å²) in [6, 6.07) is 0. The summed E-state index contributed by atoms with van der Waals surface area (Å²) in [6.45, 7) is 8.78. The Morgan fingerprint density at radius 2 is 1.90 bits per heavy atom. The summed E-state index contributed by atoms with van der Waals surface area (Å²) in [5, 5.41) is 0. The number of ether oxygens (including phenoxy) is 2. The smallest absolute Gasteiger partial charge is 0.410 e. The van der Waals surface area contributed by atoms with Crippen LogP contribution in [-0.4, -0.2) is 45.8 Å². The largest absolute Gasteiger partial charge is 0.473 e. The van der Waals surface area contributed by atoms with Gasteiger partial charge in [-0.2, -0.15) is 0 Å². The molecule has 0 N–H and O–H groups in total. The van der Waals surface area contributed by atoms with Crippen LogP contribution < -0.4 is 4.74 Å². The van der Waals surface area contributed by atoms with Crippen molar-refractivity contribution in [2.75, 3.05) is 13.1 Å². The first-order valence-corrected chi connectivity index (χ1v) is 7.27. The number of amides is 1. The number of nitrogens with zero attached hydrogens (tertiary/aromatic N) is 3. The second-order valence-corrected chi connectivity index (χ2v) is 6.28. The van der Waals surface area contributed by atoms with E-state index in [0.717, 1.165) is 18.5 Å². The van der Waals surface area contributed by atoms with Crippen molar-refractivity contribution in [2.24, 2.45) is 0 Å². The first-order valence-electron chi connectivity index (χ1n) is 7.27. The molecule has 0 aliphatic carbocycles. The summed E-state index contributed by atoms with van der Waals surface area (Å²) in [5.41, 5.74) is 0.407. The van der Waals surface area contributed by atoms with Gasteiger partial charge in [0.25, 0.3) is 0 Å². The monoisotopic (exact) mass is 293 g/mol. The van der Waals surface area contributed by atoms with Crippen LogP contribution >= 0.6 is 0 Å². The predicted molar refractivity (Wildman–Crippen MR) is 78.2 cm³/mol. The van der Waals surface area contributed by atoms with Crippen molar-refractivity contribution in [3.05, 3.63) is 18.1 Å². The van der Waals surface area contributed by atoms with Crippen LogP contribution in [0.5, 0.6) is 5.88 Å². The zero-order valence-corrected chi connectivity index (χ0v) is 13.1. The molecule has 0 radical (unpaired) electrons. The lowest BCUT2D eigenvalue weighted by Gasteiger charge is -2.33. The van der Waals surface area contributed by atoms with Crippen molar-refractivity contribution in [1.29, 1.82) is 0 Å². The lowest BCUT2D eigenvalue weighted by atomic mass is 10.1. The highest BCUT2D eigenvalue weighted by molar-refractivity contribution is 5.68. The first kappa shape index (κ1) is 15.5. The molecule has 0 saturated carbocycles. The molecule has 0 aromatic carbocycles. The van der Waals surface area contributed by atoms with E-state index in [1.54, 1.807) is 17.3 Å². The van der Waals surface area contributed by atoms with Gasteiger partial charge in [0.15, 0.2) is 0 Å². The van der Waals surface area contributed by atoms with Crippen molar-refractivity contribution in [3.63, 3.8) is 0 Å². The minimum absolute atomic E-state index is 0.0701. The Kier molecular flexibility index (Phi) is 4.65. The molecule has 1 saturated heterocycles. The van der Waals surface area contributed by atoms with Gasteiger partial charge in [-0.05, 0) is 27.7 Å². The molecule has 0 spiro atoms. The van der Waals surface area contributed by atoms with Crippen molar-refractivity contribution < 1.29 is 14.3 Å². The number of piperidine rings is 1. The van der Waals surface area contributed by atoms with Crippen molar-refractivity contribution in [1.82, 2.24) is 14.9 Å². The quantitative estimate of drug-likeness (QED) is 0.838. The molecule has 0 atom stereocenters. The maximum atomic E-state index is 12.0. The number of hydrogen-bond donors (Lipinski definition) is 0. The molecule has 2 heterocycles. The highest BCUT2D eigenvalue weighted by Gasteiger charge is 2.27. The van der Waals surface area contributed by atoms with Crippen LogP contribution in [0.25, 0.3) is 0 Å². The second-order valence-electron chi connectivity index (χ2n) is 6.28. The van der Waals surface area contributed by atoms with Crippen molar-refractivity contribution >= 4 is 6.09 Å². The van der Waals surface area contributed by atoms with Crippen LogP contribution in [0.4, 0.5) is 4.79 Å². The Bertz CT molecular complexity index is 474. The molecule has 2 rings (SSSR count). The Labute approximate surface area is 125 Å². The molecule has 1 amide bonds. The van der Waals surface area contributed by atoms with Gasteiger partial charge < -0.3 is 14.4 Å². The van der Waals surface area contributed by atoms with Gasteiger partial charge in [-0.3, -0.25) is 4.98 Å². The van der Waals surface area contributed by atoms with Gasteiger partial charge in [0, 0.05) is 25.9 Å². The Balaban J connectivity index is 1.80. The molecule has 6 nitrogen and oxygen atoms in total. The Morgan fingerprint density at radius 1 is 1.24 bits per heavy atom. The summed E-state index contributed by atoms with van der Waals surface area (Å²) >= 11 is 0. The van der Waals surface area contributed by atoms with Gasteiger partial charge in [0.05, 0.1) is 18.1 Å². The molecule has 1 aliphatic rings. The van der Waals surface area contributed by atoms with Gasteiger partial charge >= 0.3 is 6.09 Å². The Morgan fingerprint density at radius 3 is 2.43 bits per heavy atom. The standard InChI is InChI=1S/C15H23N3O3/c1-11-9-17-13(10-16-11)20-12-5-7-18(8-6-12)14(19)21-15(2,3)4/h9-10,12H,5-8H2,1-4H3. The normalized spacial score (nSPS) is 16.7. The van der Waals surface area contributed by atoms with Gasteiger partial charge in [-0.15, -0.1) is 0 Å². The highest BCUT2D eigenvalue weighted by atomic mass is 16.6. The molecular weight excluding hydrogens is 270 g/mol. The van der Waals surface area contributed by atoms with E-state index in [4.69, 9.17) is 9.47 Å². The zero-order valence-electron chi connectivity index (χ0n) is 13.1. The molecule has 21 heavy (non-hydrogen) atoms. The molecule has 6 heteroatoms. The third kappa shape index (κ3) is 4.88. The van der Waals surface area contributed by atoms with Crippen LogP contribution in [0.2, 0.25) is 0 Å². The van der Waals surface area contributed by atoms with E-state index in [2.05, 4.69) is 9.97 Å². The van der Waals surface area contributed by atoms with E-state index < -0.39 is 5.60 Å². The van der Waals surface area contributed by atoms with E-state index in [9.17, 15) is 4.79 Å². The number of rotatable bonds is 2.